The van der Waals surface area contributed by atoms with Gasteiger partial charge in [0.05, 0.1) is 18.9 Å². The molecule has 5 nitrogen and oxygen atoms in total. The summed E-state index contributed by atoms with van der Waals surface area (Å²) in [7, 11) is 0. The van der Waals surface area contributed by atoms with Crippen molar-refractivity contribution in [3.05, 3.63) is 35.9 Å². The maximum atomic E-state index is 12.3. The molecule has 0 bridgehead atoms. The third-order valence-electron chi connectivity index (χ3n) is 3.14. The first-order valence-electron chi connectivity index (χ1n) is 6.34. The lowest BCUT2D eigenvalue weighted by molar-refractivity contribution is -0.156. The largest absolute Gasteiger partial charge is 0.480 e. The van der Waals surface area contributed by atoms with Crippen LogP contribution in [0.4, 0.5) is 0 Å². The average Bonchev–Trinajstić information content (AvgIpc) is 2.39. The molecule has 1 aromatic carbocycles. The number of benzene rings is 1. The van der Waals surface area contributed by atoms with Crippen molar-refractivity contribution in [2.75, 3.05) is 6.54 Å². The Kier molecular flexibility index (Phi) is 5.27. The van der Waals surface area contributed by atoms with E-state index in [-0.39, 0.29) is 25.3 Å². The lowest BCUT2D eigenvalue weighted by Gasteiger charge is -2.34. The second kappa shape index (κ2) is 6.71. The van der Waals surface area contributed by atoms with Crippen LogP contribution in [0.2, 0.25) is 0 Å². The molecule has 0 aliphatic heterocycles. The van der Waals surface area contributed by atoms with Gasteiger partial charge in [0, 0.05) is 6.54 Å². The Balaban J connectivity index is 2.91. The van der Waals surface area contributed by atoms with Crippen molar-refractivity contribution in [2.24, 2.45) is 0 Å². The van der Waals surface area contributed by atoms with Crippen LogP contribution in [0, 0.1) is 11.3 Å². The number of carboxylic acids is 1. The Morgan fingerprint density at radius 2 is 1.90 bits per heavy atom. The standard InChI is InChI=1S/C15H18N2O3/c1-15(2,14(19)20)17(10-6-9-16)13(18)11-12-7-4-3-5-8-12/h3-5,7-8H,6,10-11H2,1-2H3,(H,19,20). The van der Waals surface area contributed by atoms with E-state index in [0.29, 0.717) is 0 Å². The van der Waals surface area contributed by atoms with E-state index < -0.39 is 11.5 Å². The molecule has 0 fully saturated rings. The van der Waals surface area contributed by atoms with E-state index >= 15 is 0 Å². The number of nitriles is 1. The summed E-state index contributed by atoms with van der Waals surface area (Å²) in [6, 6.07) is 11.1. The Bertz CT molecular complexity index is 518. The van der Waals surface area contributed by atoms with Gasteiger partial charge in [-0.2, -0.15) is 5.26 Å². The number of nitrogens with zero attached hydrogens (tertiary/aromatic N) is 2. The van der Waals surface area contributed by atoms with Gasteiger partial charge in [0.1, 0.15) is 5.54 Å². The number of hydrogen-bond donors (Lipinski definition) is 1. The summed E-state index contributed by atoms with van der Waals surface area (Å²) in [4.78, 5) is 24.9. The van der Waals surface area contributed by atoms with Gasteiger partial charge >= 0.3 is 5.97 Å². The molecule has 0 saturated heterocycles. The quantitative estimate of drug-likeness (QED) is 0.858. The van der Waals surface area contributed by atoms with Crippen LogP contribution in [0.25, 0.3) is 0 Å². The number of hydrogen-bond acceptors (Lipinski definition) is 3. The minimum absolute atomic E-state index is 0.108. The molecule has 0 saturated carbocycles. The fraction of sp³-hybridized carbons (Fsp3) is 0.400. The van der Waals surface area contributed by atoms with Crippen LogP contribution in [0.15, 0.2) is 30.3 Å². The third kappa shape index (κ3) is 3.82. The van der Waals surface area contributed by atoms with Gasteiger partial charge in [0.15, 0.2) is 0 Å². The van der Waals surface area contributed by atoms with Crippen LogP contribution in [0.1, 0.15) is 25.8 Å². The maximum absolute atomic E-state index is 12.3. The van der Waals surface area contributed by atoms with Crippen molar-refractivity contribution in [3.8, 4) is 6.07 Å². The number of carbonyl (C=O) groups is 2. The van der Waals surface area contributed by atoms with E-state index in [1.807, 2.05) is 36.4 Å². The smallest absolute Gasteiger partial charge is 0.329 e. The highest BCUT2D eigenvalue weighted by Gasteiger charge is 2.37. The second-order valence-corrected chi connectivity index (χ2v) is 4.98. The van der Waals surface area contributed by atoms with Crippen LogP contribution < -0.4 is 0 Å². The van der Waals surface area contributed by atoms with Gasteiger partial charge in [-0.1, -0.05) is 30.3 Å². The van der Waals surface area contributed by atoms with Crippen molar-refractivity contribution in [2.45, 2.75) is 32.2 Å². The molecule has 0 aliphatic carbocycles. The topological polar surface area (TPSA) is 81.4 Å². The molecule has 0 radical (unpaired) electrons. The molecule has 0 aliphatic rings. The molecular formula is C15H18N2O3. The van der Waals surface area contributed by atoms with Crippen molar-refractivity contribution in [1.29, 1.82) is 5.26 Å². The molecule has 0 unspecified atom stereocenters. The Morgan fingerprint density at radius 3 is 2.40 bits per heavy atom. The average molecular weight is 274 g/mol. The number of carboxylic acid groups (broad SMARTS) is 1. The molecule has 0 spiro atoms. The zero-order valence-electron chi connectivity index (χ0n) is 11.7. The molecular weight excluding hydrogens is 256 g/mol. The van der Waals surface area contributed by atoms with E-state index in [1.54, 1.807) is 0 Å². The normalized spacial score (nSPS) is 10.7. The lowest BCUT2D eigenvalue weighted by Crippen LogP contribution is -2.53. The predicted molar refractivity (Wildman–Crippen MR) is 73.8 cm³/mol. The number of aliphatic carboxylic acids is 1. The molecule has 1 N–H and O–H groups in total. The summed E-state index contributed by atoms with van der Waals surface area (Å²) in [5.41, 5.74) is -0.511. The molecule has 0 atom stereocenters. The molecule has 5 heteroatoms. The molecule has 1 aromatic rings. The Labute approximate surface area is 118 Å². The monoisotopic (exact) mass is 274 g/mol. The van der Waals surface area contributed by atoms with Crippen LogP contribution in [-0.2, 0) is 16.0 Å². The SMILES string of the molecule is CC(C)(C(=O)O)N(CCC#N)C(=O)Cc1ccccc1. The summed E-state index contributed by atoms with van der Waals surface area (Å²) < 4.78 is 0. The summed E-state index contributed by atoms with van der Waals surface area (Å²) in [5, 5.41) is 17.9. The number of carbonyl (C=O) groups excluding carboxylic acids is 1. The molecule has 1 rings (SSSR count). The molecule has 0 heterocycles. The van der Waals surface area contributed by atoms with Crippen LogP contribution in [0.3, 0.4) is 0 Å². The minimum atomic E-state index is -1.33. The highest BCUT2D eigenvalue weighted by Crippen LogP contribution is 2.17. The molecule has 106 valence electrons. The fourth-order valence-electron chi connectivity index (χ4n) is 1.86. The third-order valence-corrected chi connectivity index (χ3v) is 3.14. The molecule has 20 heavy (non-hydrogen) atoms. The first-order chi connectivity index (χ1) is 9.39. The summed E-state index contributed by atoms with van der Waals surface area (Å²) in [5.74, 6) is -1.38. The summed E-state index contributed by atoms with van der Waals surface area (Å²) >= 11 is 0. The van der Waals surface area contributed by atoms with Crippen LogP contribution >= 0.6 is 0 Å². The second-order valence-electron chi connectivity index (χ2n) is 4.98. The Hall–Kier alpha value is -2.35. The Morgan fingerprint density at radius 1 is 1.30 bits per heavy atom. The van der Waals surface area contributed by atoms with E-state index in [0.717, 1.165) is 5.56 Å². The van der Waals surface area contributed by atoms with Gasteiger partial charge in [0.2, 0.25) is 5.91 Å². The zero-order valence-corrected chi connectivity index (χ0v) is 11.7. The summed E-state index contributed by atoms with van der Waals surface area (Å²) in [6.45, 7) is 3.05. The first-order valence-corrected chi connectivity index (χ1v) is 6.34. The maximum Gasteiger partial charge on any atom is 0.329 e. The predicted octanol–water partition coefficient (Wildman–Crippen LogP) is 1.83. The number of rotatable bonds is 6. The lowest BCUT2D eigenvalue weighted by atomic mass is 10.0. The number of amides is 1. The van der Waals surface area contributed by atoms with E-state index in [2.05, 4.69) is 0 Å². The highest BCUT2D eigenvalue weighted by molar-refractivity contribution is 5.87. The van der Waals surface area contributed by atoms with E-state index in [4.69, 9.17) is 5.26 Å². The van der Waals surface area contributed by atoms with Gasteiger partial charge < -0.3 is 10.0 Å². The fourth-order valence-corrected chi connectivity index (χ4v) is 1.86. The van der Waals surface area contributed by atoms with Crippen LogP contribution in [-0.4, -0.2) is 34.0 Å². The van der Waals surface area contributed by atoms with Gasteiger partial charge in [-0.25, -0.2) is 4.79 Å². The minimum Gasteiger partial charge on any atom is -0.480 e. The van der Waals surface area contributed by atoms with Crippen molar-refractivity contribution >= 4 is 11.9 Å². The van der Waals surface area contributed by atoms with Crippen molar-refractivity contribution in [3.63, 3.8) is 0 Å². The van der Waals surface area contributed by atoms with Gasteiger partial charge in [-0.05, 0) is 19.4 Å². The van der Waals surface area contributed by atoms with Crippen LogP contribution in [0.5, 0.6) is 0 Å². The molecule has 0 aromatic heterocycles. The molecule has 1 amide bonds. The van der Waals surface area contributed by atoms with Crippen molar-refractivity contribution in [1.82, 2.24) is 4.90 Å². The van der Waals surface area contributed by atoms with Gasteiger partial charge in [0.25, 0.3) is 0 Å². The van der Waals surface area contributed by atoms with Gasteiger partial charge in [-0.15, -0.1) is 0 Å². The zero-order chi connectivity index (χ0) is 15.2. The summed E-state index contributed by atoms with van der Waals surface area (Å²) in [6.07, 6.45) is 0.236. The van der Waals surface area contributed by atoms with E-state index in [9.17, 15) is 14.7 Å². The highest BCUT2D eigenvalue weighted by atomic mass is 16.4. The van der Waals surface area contributed by atoms with Crippen molar-refractivity contribution < 1.29 is 14.7 Å². The van der Waals surface area contributed by atoms with Gasteiger partial charge in [-0.3, -0.25) is 4.79 Å². The van der Waals surface area contributed by atoms with E-state index in [1.165, 1.54) is 18.7 Å². The first kappa shape index (κ1) is 15.7.